The third-order valence-corrected chi connectivity index (χ3v) is 6.65. The molecule has 0 aromatic heterocycles. The van der Waals surface area contributed by atoms with E-state index in [9.17, 15) is 9.18 Å². The fourth-order valence-electron chi connectivity index (χ4n) is 5.63. The van der Waals surface area contributed by atoms with Crippen molar-refractivity contribution in [2.75, 3.05) is 0 Å². The Bertz CT molecular complexity index is 581. The third kappa shape index (κ3) is 1.71. The number of hydrogen-bond acceptors (Lipinski definition) is 1. The van der Waals surface area contributed by atoms with Crippen LogP contribution in [0, 0.1) is 23.3 Å². The van der Waals surface area contributed by atoms with Crippen molar-refractivity contribution in [3.63, 3.8) is 0 Å². The minimum Gasteiger partial charge on any atom is -0.296 e. The maximum atomic E-state index is 14.2. The van der Waals surface area contributed by atoms with E-state index in [4.69, 9.17) is 0 Å². The molecule has 0 aliphatic heterocycles. The van der Waals surface area contributed by atoms with Gasteiger partial charge in [0.1, 0.15) is 0 Å². The van der Waals surface area contributed by atoms with Gasteiger partial charge in [-0.1, -0.05) is 25.1 Å². The van der Waals surface area contributed by atoms with E-state index in [2.05, 4.69) is 25.1 Å². The number of carbonyl (C=O) groups is 1. The van der Waals surface area contributed by atoms with E-state index in [1.165, 1.54) is 11.1 Å². The first kappa shape index (κ1) is 13.5. The van der Waals surface area contributed by atoms with Crippen LogP contribution in [0.5, 0.6) is 0 Å². The molecule has 1 nitrogen and oxygen atoms in total. The highest BCUT2D eigenvalue weighted by atomic mass is 19.1. The minimum atomic E-state index is -1.21. The summed E-state index contributed by atoms with van der Waals surface area (Å²) in [5, 5.41) is 0. The summed E-state index contributed by atoms with van der Waals surface area (Å²) in [5.74, 6) is 1.21. The molecule has 1 aromatic rings. The van der Waals surface area contributed by atoms with Gasteiger partial charge in [0, 0.05) is 5.41 Å². The molecule has 3 aliphatic rings. The first-order valence-electron chi connectivity index (χ1n) is 8.34. The van der Waals surface area contributed by atoms with Crippen molar-refractivity contribution in [2.24, 2.45) is 17.3 Å². The highest BCUT2D eigenvalue weighted by Crippen LogP contribution is 2.61. The Hall–Kier alpha value is -1.18. The Morgan fingerprint density at radius 2 is 2.29 bits per heavy atom. The maximum Gasteiger partial charge on any atom is 0.173 e. The monoisotopic (exact) mass is 285 g/mol. The molecule has 5 atom stereocenters. The number of hydrogen-bond donors (Lipinski definition) is 0. The van der Waals surface area contributed by atoms with Crippen LogP contribution in [0.4, 0.5) is 4.39 Å². The second-order valence-corrected chi connectivity index (χ2v) is 7.16. The van der Waals surface area contributed by atoms with Gasteiger partial charge in [-0.05, 0) is 73.5 Å². The lowest BCUT2D eigenvalue weighted by Gasteiger charge is -2.49. The second kappa shape index (κ2) is 4.66. The molecule has 0 amide bonds. The lowest BCUT2D eigenvalue weighted by atomic mass is 9.54. The van der Waals surface area contributed by atoms with Crippen molar-refractivity contribution in [3.05, 3.63) is 35.4 Å². The molecule has 1 radical (unpaired) electrons. The van der Waals surface area contributed by atoms with Gasteiger partial charge in [-0.15, -0.1) is 0 Å². The predicted molar refractivity (Wildman–Crippen MR) is 79.8 cm³/mol. The van der Waals surface area contributed by atoms with Gasteiger partial charge in [-0.3, -0.25) is 4.79 Å². The van der Waals surface area contributed by atoms with Crippen LogP contribution in [-0.4, -0.2) is 12.0 Å². The third-order valence-electron chi connectivity index (χ3n) is 6.65. The lowest BCUT2D eigenvalue weighted by molar-refractivity contribution is -0.134. The Balaban J connectivity index is 1.74. The molecular formula is C19H22FO. The zero-order valence-electron chi connectivity index (χ0n) is 12.6. The molecule has 4 rings (SSSR count). The van der Waals surface area contributed by atoms with Crippen LogP contribution in [0.15, 0.2) is 18.2 Å². The van der Waals surface area contributed by atoms with Crippen LogP contribution >= 0.6 is 0 Å². The van der Waals surface area contributed by atoms with Gasteiger partial charge >= 0.3 is 0 Å². The van der Waals surface area contributed by atoms with Crippen molar-refractivity contribution in [1.82, 2.24) is 0 Å². The van der Waals surface area contributed by atoms with Crippen LogP contribution in [0.1, 0.15) is 56.1 Å². The van der Waals surface area contributed by atoms with Crippen LogP contribution in [0.2, 0.25) is 0 Å². The fraction of sp³-hybridized carbons (Fsp3) is 0.632. The summed E-state index contributed by atoms with van der Waals surface area (Å²) >= 11 is 0. The van der Waals surface area contributed by atoms with Gasteiger partial charge in [0.25, 0.3) is 0 Å². The molecule has 0 heterocycles. The van der Waals surface area contributed by atoms with Crippen LogP contribution in [0.25, 0.3) is 0 Å². The number of carbonyl (C=O) groups excluding carboxylic acids is 1. The van der Waals surface area contributed by atoms with Gasteiger partial charge in [0.15, 0.2) is 12.0 Å². The molecular weight excluding hydrogens is 263 g/mol. The van der Waals surface area contributed by atoms with Crippen molar-refractivity contribution in [3.8, 4) is 0 Å². The highest BCUT2D eigenvalue weighted by molar-refractivity contribution is 5.91. The van der Waals surface area contributed by atoms with Crippen LogP contribution in [0.3, 0.4) is 0 Å². The summed E-state index contributed by atoms with van der Waals surface area (Å²) in [6.45, 7) is 2.08. The molecule has 111 valence electrons. The van der Waals surface area contributed by atoms with E-state index in [-0.39, 0.29) is 17.1 Å². The molecule has 2 heteroatoms. The predicted octanol–water partition coefficient (Wildman–Crippen LogP) is 4.25. The average Bonchev–Trinajstić information content (AvgIpc) is 2.79. The Kier molecular flexibility index (Phi) is 2.99. The molecule has 0 unspecified atom stereocenters. The molecule has 0 saturated heterocycles. The number of rotatable bonds is 1. The van der Waals surface area contributed by atoms with Crippen LogP contribution < -0.4 is 0 Å². The minimum absolute atomic E-state index is 0.0827. The summed E-state index contributed by atoms with van der Waals surface area (Å²) in [4.78, 5) is 12.4. The summed E-state index contributed by atoms with van der Waals surface area (Å²) in [5.41, 5.74) is 2.52. The standard InChI is InChI=1S/C19H22FO/c1-2-19-10-9-14-13-6-4-3-5-12(13)7-8-15(14)16(19)11-17(20)18(19)21/h4-6,14-17H,2,7-11H2,1H3/t14-,15-,16+,17-,19+/m1/s1. The summed E-state index contributed by atoms with van der Waals surface area (Å²) in [6, 6.07) is 9.50. The van der Waals surface area contributed by atoms with E-state index in [0.29, 0.717) is 18.3 Å². The van der Waals surface area contributed by atoms with Gasteiger partial charge in [-0.25, -0.2) is 4.39 Å². The second-order valence-electron chi connectivity index (χ2n) is 7.16. The zero-order chi connectivity index (χ0) is 14.6. The molecule has 3 aliphatic carbocycles. The van der Waals surface area contributed by atoms with E-state index in [0.717, 1.165) is 32.1 Å². The first-order valence-corrected chi connectivity index (χ1v) is 8.34. The van der Waals surface area contributed by atoms with E-state index >= 15 is 0 Å². The molecule has 1 aromatic carbocycles. The fourth-order valence-corrected chi connectivity index (χ4v) is 5.63. The SMILES string of the molecule is CC[C@]12CC[C@@H]3c4cc[c]cc4CC[C@H]3[C@@H]1C[C@@H](F)C2=O. The number of fused-ring (bicyclic) bond motifs is 5. The zero-order valence-corrected chi connectivity index (χ0v) is 12.6. The Labute approximate surface area is 125 Å². The molecule has 0 spiro atoms. The average molecular weight is 285 g/mol. The van der Waals surface area contributed by atoms with E-state index in [1.807, 2.05) is 6.07 Å². The number of ketones is 1. The number of aryl methyl sites for hydroxylation is 1. The Morgan fingerprint density at radius 1 is 1.43 bits per heavy atom. The normalized spacial score (nSPS) is 41.3. The van der Waals surface area contributed by atoms with Crippen molar-refractivity contribution in [2.45, 2.75) is 57.5 Å². The first-order chi connectivity index (χ1) is 10.2. The van der Waals surface area contributed by atoms with Gasteiger partial charge < -0.3 is 0 Å². The number of halogens is 1. The van der Waals surface area contributed by atoms with Gasteiger partial charge in [0.2, 0.25) is 0 Å². The van der Waals surface area contributed by atoms with Gasteiger partial charge in [0.05, 0.1) is 0 Å². The molecule has 0 bridgehead atoms. The number of benzene rings is 1. The highest BCUT2D eigenvalue weighted by Gasteiger charge is 2.59. The smallest absolute Gasteiger partial charge is 0.173 e. The molecule has 0 N–H and O–H groups in total. The summed E-state index contributed by atoms with van der Waals surface area (Å²) in [7, 11) is 0. The maximum absolute atomic E-state index is 14.2. The number of alkyl halides is 1. The van der Waals surface area contributed by atoms with Crippen molar-refractivity contribution in [1.29, 1.82) is 0 Å². The van der Waals surface area contributed by atoms with Crippen LogP contribution in [-0.2, 0) is 11.2 Å². The summed E-state index contributed by atoms with van der Waals surface area (Å²) < 4.78 is 14.2. The Morgan fingerprint density at radius 3 is 3.10 bits per heavy atom. The molecule has 2 saturated carbocycles. The van der Waals surface area contributed by atoms with E-state index < -0.39 is 6.17 Å². The molecule has 2 fully saturated rings. The molecule has 21 heavy (non-hydrogen) atoms. The number of Topliss-reactive ketones (excluding diaryl/α,β-unsaturated/α-hetero) is 1. The van der Waals surface area contributed by atoms with Crippen molar-refractivity contribution < 1.29 is 9.18 Å². The topological polar surface area (TPSA) is 17.1 Å². The largest absolute Gasteiger partial charge is 0.296 e. The summed E-state index contributed by atoms with van der Waals surface area (Å²) in [6.07, 6.45) is 4.19. The van der Waals surface area contributed by atoms with Crippen molar-refractivity contribution >= 4 is 5.78 Å². The lowest BCUT2D eigenvalue weighted by Crippen LogP contribution is -2.44. The van der Waals surface area contributed by atoms with E-state index in [1.54, 1.807) is 0 Å². The quantitative estimate of drug-likeness (QED) is 0.754. The van der Waals surface area contributed by atoms with Gasteiger partial charge in [-0.2, -0.15) is 0 Å².